The number of benzene rings is 2. The first-order chi connectivity index (χ1) is 14.3. The van der Waals surface area contributed by atoms with Crippen molar-refractivity contribution in [1.29, 1.82) is 0 Å². The number of nitrogens with two attached hydrogens (primary N) is 1. The van der Waals surface area contributed by atoms with E-state index in [9.17, 15) is 13.5 Å². The van der Waals surface area contributed by atoms with Crippen LogP contribution >= 0.6 is 24.0 Å². The van der Waals surface area contributed by atoms with Crippen molar-refractivity contribution in [1.82, 2.24) is 4.31 Å². The predicted molar refractivity (Wildman–Crippen MR) is 123 cm³/mol. The van der Waals surface area contributed by atoms with Crippen molar-refractivity contribution < 1.29 is 18.3 Å². The van der Waals surface area contributed by atoms with Crippen molar-refractivity contribution in [2.45, 2.75) is 43.3 Å². The molecule has 2 aliphatic heterocycles. The minimum absolute atomic E-state index is 0. The predicted octanol–water partition coefficient (Wildman–Crippen LogP) is 3.82. The molecule has 2 aromatic carbocycles. The third kappa shape index (κ3) is 4.72. The van der Waals surface area contributed by atoms with Gasteiger partial charge in [-0.25, -0.2) is 8.42 Å². The van der Waals surface area contributed by atoms with Crippen LogP contribution in [0.15, 0.2) is 41.3 Å². The van der Waals surface area contributed by atoms with Gasteiger partial charge in [-0.2, -0.15) is 4.31 Å². The van der Waals surface area contributed by atoms with Gasteiger partial charge >= 0.3 is 0 Å². The standard InChI is InChI=1S/C22H27ClN2O4S.ClH/c1-14-2-7-18-19(22(14)26)12-20(29-21(18)13-24)15-8-10-25(11-9-15)30(27,28)17-5-3-16(23)4-6-17;/h2-7,15,20-21,26H,8-13,24H2,1H3;1H/t20-,21-;/m0./s1. The van der Waals surface area contributed by atoms with Crippen LogP contribution in [0, 0.1) is 12.8 Å². The van der Waals surface area contributed by atoms with Crippen molar-refractivity contribution in [2.24, 2.45) is 11.7 Å². The molecule has 1 fully saturated rings. The fourth-order valence-corrected chi connectivity index (χ4v) is 6.12. The quantitative estimate of drug-likeness (QED) is 0.684. The summed E-state index contributed by atoms with van der Waals surface area (Å²) in [5.41, 5.74) is 8.66. The molecule has 0 aliphatic carbocycles. The van der Waals surface area contributed by atoms with Crippen molar-refractivity contribution in [3.63, 3.8) is 0 Å². The summed E-state index contributed by atoms with van der Waals surface area (Å²) in [7, 11) is -3.54. The average molecular weight is 487 g/mol. The monoisotopic (exact) mass is 486 g/mol. The van der Waals surface area contributed by atoms with E-state index in [1.807, 2.05) is 19.1 Å². The summed E-state index contributed by atoms with van der Waals surface area (Å²) < 4.78 is 33.7. The number of piperidine rings is 1. The first-order valence-corrected chi connectivity index (χ1v) is 12.1. The molecule has 0 bridgehead atoms. The molecule has 6 nitrogen and oxygen atoms in total. The Hall–Kier alpha value is -1.35. The summed E-state index contributed by atoms with van der Waals surface area (Å²) in [6.07, 6.45) is 1.70. The second-order valence-corrected chi connectivity index (χ2v) is 10.5. The molecule has 0 aromatic heterocycles. The summed E-state index contributed by atoms with van der Waals surface area (Å²) in [5, 5.41) is 11.1. The van der Waals surface area contributed by atoms with E-state index in [0.717, 1.165) is 16.7 Å². The molecule has 170 valence electrons. The van der Waals surface area contributed by atoms with Crippen LogP contribution in [0.2, 0.25) is 5.02 Å². The summed E-state index contributed by atoms with van der Waals surface area (Å²) in [5.74, 6) is 0.533. The van der Waals surface area contributed by atoms with E-state index in [0.29, 0.717) is 49.7 Å². The van der Waals surface area contributed by atoms with Gasteiger partial charge in [0.2, 0.25) is 10.0 Å². The second kappa shape index (κ2) is 9.65. The van der Waals surface area contributed by atoms with Crippen molar-refractivity contribution in [3.05, 3.63) is 58.1 Å². The minimum atomic E-state index is -3.54. The van der Waals surface area contributed by atoms with Gasteiger partial charge in [0.25, 0.3) is 0 Å². The van der Waals surface area contributed by atoms with E-state index in [4.69, 9.17) is 22.1 Å². The number of halogens is 2. The molecule has 0 amide bonds. The van der Waals surface area contributed by atoms with Crippen LogP contribution in [-0.2, 0) is 21.2 Å². The molecule has 3 N–H and O–H groups in total. The lowest BCUT2D eigenvalue weighted by Crippen LogP contribution is -2.44. The highest BCUT2D eigenvalue weighted by molar-refractivity contribution is 7.89. The Morgan fingerprint density at radius 1 is 1.16 bits per heavy atom. The molecular weight excluding hydrogens is 459 g/mol. The lowest BCUT2D eigenvalue weighted by atomic mass is 9.83. The third-order valence-corrected chi connectivity index (χ3v) is 8.47. The molecule has 0 unspecified atom stereocenters. The summed E-state index contributed by atoms with van der Waals surface area (Å²) >= 11 is 5.88. The van der Waals surface area contributed by atoms with E-state index >= 15 is 0 Å². The van der Waals surface area contributed by atoms with Gasteiger partial charge in [-0.15, -0.1) is 12.4 Å². The molecular formula is C22H28Cl2N2O4S. The van der Waals surface area contributed by atoms with Crippen molar-refractivity contribution in [3.8, 4) is 5.75 Å². The Kier molecular flexibility index (Phi) is 7.56. The summed E-state index contributed by atoms with van der Waals surface area (Å²) in [6, 6.07) is 10.1. The Morgan fingerprint density at radius 3 is 2.42 bits per heavy atom. The molecule has 31 heavy (non-hydrogen) atoms. The molecule has 2 aromatic rings. The van der Waals surface area contributed by atoms with E-state index < -0.39 is 10.0 Å². The highest BCUT2D eigenvalue weighted by atomic mass is 35.5. The number of sulfonamides is 1. The highest BCUT2D eigenvalue weighted by Crippen LogP contribution is 2.40. The van der Waals surface area contributed by atoms with Crippen LogP contribution in [0.25, 0.3) is 0 Å². The molecule has 0 spiro atoms. The maximum atomic E-state index is 12.9. The molecule has 4 rings (SSSR count). The van der Waals surface area contributed by atoms with Gasteiger partial charge in [0, 0.05) is 36.6 Å². The molecule has 2 atom stereocenters. The van der Waals surface area contributed by atoms with E-state index in [1.54, 1.807) is 24.3 Å². The topological polar surface area (TPSA) is 92.9 Å². The van der Waals surface area contributed by atoms with Crippen LogP contribution in [0.1, 0.15) is 35.6 Å². The molecule has 2 aliphatic rings. The highest BCUT2D eigenvalue weighted by Gasteiger charge is 2.37. The number of fused-ring (bicyclic) bond motifs is 1. The minimum Gasteiger partial charge on any atom is -0.507 e. The van der Waals surface area contributed by atoms with Crippen LogP contribution < -0.4 is 5.73 Å². The lowest BCUT2D eigenvalue weighted by molar-refractivity contribution is -0.0612. The number of nitrogens with zero attached hydrogens (tertiary/aromatic N) is 1. The molecule has 1 saturated heterocycles. The fourth-order valence-electron chi connectivity index (χ4n) is 4.52. The summed E-state index contributed by atoms with van der Waals surface area (Å²) in [4.78, 5) is 0.261. The Morgan fingerprint density at radius 2 is 1.81 bits per heavy atom. The first kappa shape index (κ1) is 24.3. The molecule has 9 heteroatoms. The lowest BCUT2D eigenvalue weighted by Gasteiger charge is -2.40. The van der Waals surface area contributed by atoms with Crippen molar-refractivity contribution >= 4 is 34.0 Å². The zero-order valence-electron chi connectivity index (χ0n) is 17.3. The van der Waals surface area contributed by atoms with E-state index in [-0.39, 0.29) is 35.4 Å². The summed E-state index contributed by atoms with van der Waals surface area (Å²) in [6.45, 7) is 3.11. The van der Waals surface area contributed by atoms with Crippen molar-refractivity contribution in [2.75, 3.05) is 19.6 Å². The number of aryl methyl sites for hydroxylation is 1. The van der Waals surface area contributed by atoms with Crippen LogP contribution in [-0.4, -0.2) is 43.6 Å². The zero-order valence-corrected chi connectivity index (χ0v) is 19.7. The Balaban J connectivity index is 0.00000272. The number of ether oxygens (including phenoxy) is 1. The van der Waals surface area contributed by atoms with Gasteiger partial charge in [-0.3, -0.25) is 0 Å². The number of aromatic hydroxyl groups is 1. The maximum absolute atomic E-state index is 12.9. The van der Waals surface area contributed by atoms with Gasteiger partial charge in [0.05, 0.1) is 17.1 Å². The van der Waals surface area contributed by atoms with Gasteiger partial charge in [-0.1, -0.05) is 23.7 Å². The normalized spacial score (nSPS) is 22.5. The van der Waals surface area contributed by atoms with Crippen LogP contribution in [0.3, 0.4) is 0 Å². The smallest absolute Gasteiger partial charge is 0.243 e. The maximum Gasteiger partial charge on any atom is 0.243 e. The number of hydrogen-bond acceptors (Lipinski definition) is 5. The number of rotatable bonds is 4. The number of phenols is 1. The molecule has 0 saturated carbocycles. The SMILES string of the molecule is Cc1ccc2c(c1O)C[C@@H](C1CCN(S(=O)(=O)c3ccc(Cl)cc3)CC1)O[C@H]2CN.Cl. The number of phenolic OH excluding ortho intramolecular Hbond substituents is 1. The van der Waals surface area contributed by atoms with Gasteiger partial charge in [0.15, 0.2) is 0 Å². The zero-order chi connectivity index (χ0) is 21.5. The molecule has 2 heterocycles. The van der Waals surface area contributed by atoms with Crippen LogP contribution in [0.5, 0.6) is 5.75 Å². The van der Waals surface area contributed by atoms with Gasteiger partial charge < -0.3 is 15.6 Å². The fraction of sp³-hybridized carbons (Fsp3) is 0.455. The van der Waals surface area contributed by atoms with Gasteiger partial charge in [-0.05, 0) is 61.1 Å². The van der Waals surface area contributed by atoms with Gasteiger partial charge in [0.1, 0.15) is 5.75 Å². The largest absolute Gasteiger partial charge is 0.507 e. The average Bonchev–Trinajstić information content (AvgIpc) is 2.76. The molecule has 0 radical (unpaired) electrons. The van der Waals surface area contributed by atoms with E-state index in [1.165, 1.54) is 4.31 Å². The second-order valence-electron chi connectivity index (χ2n) is 8.10. The Labute approximate surface area is 194 Å². The van der Waals surface area contributed by atoms with E-state index in [2.05, 4.69) is 0 Å². The van der Waals surface area contributed by atoms with Crippen LogP contribution in [0.4, 0.5) is 0 Å². The third-order valence-electron chi connectivity index (χ3n) is 6.30. The first-order valence-electron chi connectivity index (χ1n) is 10.2. The number of hydrogen-bond donors (Lipinski definition) is 2. The Bertz CT molecular complexity index is 1020.